The highest BCUT2D eigenvalue weighted by Crippen LogP contribution is 2.16. The lowest BCUT2D eigenvalue weighted by Crippen LogP contribution is -2.22. The minimum absolute atomic E-state index is 0.0984. The fourth-order valence-electron chi connectivity index (χ4n) is 2.34. The number of H-pyrrole nitrogens is 1. The Morgan fingerprint density at radius 3 is 2.68 bits per heavy atom. The first-order valence-electron chi connectivity index (χ1n) is 7.10. The monoisotopic (exact) mass is 357 g/mol. The molecule has 0 aliphatic heterocycles. The van der Waals surface area contributed by atoms with Gasteiger partial charge in [0.25, 0.3) is 5.56 Å². The molecule has 0 fully saturated rings. The molecule has 0 spiro atoms. The molecule has 0 aliphatic rings. The first-order chi connectivity index (χ1) is 10.6. The van der Waals surface area contributed by atoms with Crippen LogP contribution in [0.2, 0.25) is 0 Å². The zero-order valence-corrected chi connectivity index (χ0v) is 13.7. The lowest BCUT2D eigenvalue weighted by atomic mass is 10.1. The van der Waals surface area contributed by atoms with Crippen molar-refractivity contribution in [3.63, 3.8) is 0 Å². The van der Waals surface area contributed by atoms with Crippen LogP contribution in [0.25, 0.3) is 10.9 Å². The minimum Gasteiger partial charge on any atom is -0.309 e. The van der Waals surface area contributed by atoms with Crippen LogP contribution in [0.15, 0.2) is 57.8 Å². The molecule has 2 N–H and O–H groups in total. The van der Waals surface area contributed by atoms with Crippen molar-refractivity contribution in [2.24, 2.45) is 0 Å². The second-order valence-electron chi connectivity index (χ2n) is 5.18. The molecule has 1 heterocycles. The summed E-state index contributed by atoms with van der Waals surface area (Å²) in [6.45, 7) is 2.60. The Balaban J connectivity index is 1.76. The third-order valence-electron chi connectivity index (χ3n) is 3.61. The average Bonchev–Trinajstić information content (AvgIpc) is 2.53. The zero-order chi connectivity index (χ0) is 15.5. The van der Waals surface area contributed by atoms with Gasteiger partial charge in [-0.05, 0) is 36.8 Å². The van der Waals surface area contributed by atoms with Crippen LogP contribution in [0.1, 0.15) is 24.4 Å². The fourth-order valence-corrected chi connectivity index (χ4v) is 2.60. The maximum absolute atomic E-state index is 12.0. The van der Waals surface area contributed by atoms with Gasteiger partial charge in [-0.15, -0.1) is 0 Å². The number of para-hydroxylation sites is 1. The predicted octanol–water partition coefficient (Wildman–Crippen LogP) is 3.54. The van der Waals surface area contributed by atoms with Crippen molar-refractivity contribution in [3.8, 4) is 0 Å². The van der Waals surface area contributed by atoms with Crippen molar-refractivity contribution in [1.82, 2.24) is 15.3 Å². The molecule has 0 amide bonds. The Morgan fingerprint density at radius 1 is 1.18 bits per heavy atom. The van der Waals surface area contributed by atoms with E-state index in [0.29, 0.717) is 17.8 Å². The normalized spacial score (nSPS) is 12.5. The van der Waals surface area contributed by atoms with Gasteiger partial charge in [0.15, 0.2) is 0 Å². The second-order valence-corrected chi connectivity index (χ2v) is 6.10. The largest absolute Gasteiger partial charge is 0.309 e. The molecule has 2 aromatic carbocycles. The van der Waals surface area contributed by atoms with Crippen LogP contribution in [0.3, 0.4) is 0 Å². The number of aromatic nitrogens is 2. The van der Waals surface area contributed by atoms with E-state index in [0.717, 1.165) is 9.99 Å². The van der Waals surface area contributed by atoms with E-state index in [4.69, 9.17) is 0 Å². The quantitative estimate of drug-likeness (QED) is 0.750. The Hall–Kier alpha value is -1.98. The van der Waals surface area contributed by atoms with Crippen molar-refractivity contribution < 1.29 is 0 Å². The molecule has 1 aromatic heterocycles. The lowest BCUT2D eigenvalue weighted by Gasteiger charge is -2.14. The summed E-state index contributed by atoms with van der Waals surface area (Å²) in [5, 5.41) is 4.00. The third kappa shape index (κ3) is 3.26. The van der Waals surface area contributed by atoms with Gasteiger partial charge in [0, 0.05) is 10.5 Å². The van der Waals surface area contributed by atoms with Gasteiger partial charge >= 0.3 is 0 Å². The summed E-state index contributed by atoms with van der Waals surface area (Å²) in [7, 11) is 0. The fraction of sp³-hybridized carbons (Fsp3) is 0.176. The highest BCUT2D eigenvalue weighted by molar-refractivity contribution is 9.10. The highest BCUT2D eigenvalue weighted by Gasteiger charge is 2.07. The first kappa shape index (κ1) is 14.9. The molecular weight excluding hydrogens is 342 g/mol. The molecule has 0 radical (unpaired) electrons. The Kier molecular flexibility index (Phi) is 4.36. The summed E-state index contributed by atoms with van der Waals surface area (Å²) in [6, 6.07) is 15.7. The Bertz CT molecular complexity index is 842. The van der Waals surface area contributed by atoms with E-state index >= 15 is 0 Å². The summed E-state index contributed by atoms with van der Waals surface area (Å²) in [6.07, 6.45) is 0. The molecule has 0 bridgehead atoms. The first-order valence-corrected chi connectivity index (χ1v) is 7.89. The van der Waals surface area contributed by atoms with E-state index < -0.39 is 0 Å². The summed E-state index contributed by atoms with van der Waals surface area (Å²) in [4.78, 5) is 19.3. The standard InChI is InChI=1S/C17H16BrN3O/c1-11(12-6-8-13(18)9-7-12)19-10-16-20-15-5-3-2-4-14(15)17(22)21-16/h2-9,11,19H,10H2,1H3,(H,20,21,22). The van der Waals surface area contributed by atoms with E-state index in [-0.39, 0.29) is 11.6 Å². The Morgan fingerprint density at radius 2 is 1.91 bits per heavy atom. The van der Waals surface area contributed by atoms with Gasteiger partial charge in [-0.25, -0.2) is 4.98 Å². The highest BCUT2D eigenvalue weighted by atomic mass is 79.9. The van der Waals surface area contributed by atoms with E-state index in [1.54, 1.807) is 6.07 Å². The van der Waals surface area contributed by atoms with Crippen molar-refractivity contribution >= 4 is 26.8 Å². The number of hydrogen-bond donors (Lipinski definition) is 2. The van der Waals surface area contributed by atoms with Gasteiger partial charge in [0.1, 0.15) is 5.82 Å². The topological polar surface area (TPSA) is 57.8 Å². The van der Waals surface area contributed by atoms with Crippen LogP contribution in [0.4, 0.5) is 0 Å². The van der Waals surface area contributed by atoms with Crippen LogP contribution in [0.5, 0.6) is 0 Å². The van der Waals surface area contributed by atoms with Crippen LogP contribution >= 0.6 is 15.9 Å². The van der Waals surface area contributed by atoms with Crippen molar-refractivity contribution in [2.45, 2.75) is 19.5 Å². The van der Waals surface area contributed by atoms with Gasteiger partial charge in [0.05, 0.1) is 17.4 Å². The molecule has 22 heavy (non-hydrogen) atoms. The third-order valence-corrected chi connectivity index (χ3v) is 4.14. The Labute approximate surface area is 136 Å². The molecule has 1 atom stereocenters. The average molecular weight is 358 g/mol. The van der Waals surface area contributed by atoms with Crippen molar-refractivity contribution in [3.05, 3.63) is 74.7 Å². The molecule has 1 unspecified atom stereocenters. The van der Waals surface area contributed by atoms with Crippen LogP contribution in [-0.2, 0) is 6.54 Å². The van der Waals surface area contributed by atoms with E-state index in [2.05, 4.69) is 50.3 Å². The number of rotatable bonds is 4. The van der Waals surface area contributed by atoms with Gasteiger partial charge in [-0.3, -0.25) is 4.79 Å². The number of halogens is 1. The number of fused-ring (bicyclic) bond motifs is 1. The predicted molar refractivity (Wildman–Crippen MR) is 91.8 cm³/mol. The molecule has 4 nitrogen and oxygen atoms in total. The smallest absolute Gasteiger partial charge is 0.258 e. The van der Waals surface area contributed by atoms with Crippen LogP contribution in [-0.4, -0.2) is 9.97 Å². The van der Waals surface area contributed by atoms with Crippen molar-refractivity contribution in [1.29, 1.82) is 0 Å². The maximum Gasteiger partial charge on any atom is 0.258 e. The molecule has 0 saturated heterocycles. The zero-order valence-electron chi connectivity index (χ0n) is 12.1. The molecule has 0 saturated carbocycles. The molecule has 112 valence electrons. The number of nitrogens with zero attached hydrogens (tertiary/aromatic N) is 1. The summed E-state index contributed by atoms with van der Waals surface area (Å²) in [5.74, 6) is 0.646. The molecule has 3 aromatic rings. The number of benzene rings is 2. The van der Waals surface area contributed by atoms with Crippen molar-refractivity contribution in [2.75, 3.05) is 0 Å². The molecular formula is C17H16BrN3O. The van der Waals surface area contributed by atoms with E-state index in [9.17, 15) is 4.79 Å². The molecule has 0 aliphatic carbocycles. The van der Waals surface area contributed by atoms with Crippen LogP contribution in [0, 0.1) is 0 Å². The van der Waals surface area contributed by atoms with Gasteiger partial charge < -0.3 is 10.3 Å². The molecule has 3 rings (SSSR count). The van der Waals surface area contributed by atoms with Gasteiger partial charge in [-0.2, -0.15) is 0 Å². The van der Waals surface area contributed by atoms with E-state index in [1.807, 2.05) is 30.3 Å². The molecule has 5 heteroatoms. The van der Waals surface area contributed by atoms with Crippen LogP contribution < -0.4 is 10.9 Å². The van der Waals surface area contributed by atoms with E-state index in [1.165, 1.54) is 5.56 Å². The second kappa shape index (κ2) is 6.42. The number of hydrogen-bond acceptors (Lipinski definition) is 3. The number of nitrogens with one attached hydrogen (secondary N) is 2. The minimum atomic E-state index is -0.0984. The maximum atomic E-state index is 12.0. The van der Waals surface area contributed by atoms with Gasteiger partial charge in [-0.1, -0.05) is 40.2 Å². The summed E-state index contributed by atoms with van der Waals surface area (Å²) in [5.41, 5.74) is 1.81. The number of aromatic amines is 1. The summed E-state index contributed by atoms with van der Waals surface area (Å²) >= 11 is 3.43. The lowest BCUT2D eigenvalue weighted by molar-refractivity contribution is 0.559. The summed E-state index contributed by atoms with van der Waals surface area (Å²) < 4.78 is 1.06. The SMILES string of the molecule is CC(NCc1nc2ccccc2c(=O)[nH]1)c1ccc(Br)cc1. The van der Waals surface area contributed by atoms with Gasteiger partial charge in [0.2, 0.25) is 0 Å².